The van der Waals surface area contributed by atoms with Gasteiger partial charge in [0.2, 0.25) is 0 Å². The number of urea groups is 2. The van der Waals surface area contributed by atoms with Crippen molar-refractivity contribution in [2.45, 2.75) is 117 Å². The number of aliphatic hydroxyl groups is 1. The maximum absolute atomic E-state index is 13.8. The van der Waals surface area contributed by atoms with Crippen LogP contribution in [0.3, 0.4) is 0 Å². The topological polar surface area (TPSA) is 81.7 Å². The van der Waals surface area contributed by atoms with E-state index in [2.05, 4.69) is 51.3 Å². The van der Waals surface area contributed by atoms with Gasteiger partial charge >= 0.3 is 12.1 Å². The molecular weight excluding hydrogens is 510 g/mol. The molecule has 6 nitrogen and oxygen atoms in total. The molecule has 1 aromatic rings. The van der Waals surface area contributed by atoms with Gasteiger partial charge in [-0.1, -0.05) is 76.8 Å². The lowest BCUT2D eigenvalue weighted by molar-refractivity contribution is 0.0845. The molecule has 0 spiro atoms. The Morgan fingerprint density at radius 3 is 2.46 bits per heavy atom. The van der Waals surface area contributed by atoms with Gasteiger partial charge in [-0.25, -0.2) is 14.5 Å². The predicted octanol–water partition coefficient (Wildman–Crippen LogP) is 7.74. The summed E-state index contributed by atoms with van der Waals surface area (Å²) in [6.45, 7) is 11.7. The Morgan fingerprint density at radius 2 is 1.73 bits per heavy atom. The number of aliphatic hydroxyl groups excluding tert-OH is 1. The maximum atomic E-state index is 13.8. The molecule has 224 valence electrons. The van der Waals surface area contributed by atoms with Crippen molar-refractivity contribution in [3.63, 3.8) is 0 Å². The van der Waals surface area contributed by atoms with Crippen LogP contribution < -0.4 is 15.5 Å². The number of anilines is 1. The van der Waals surface area contributed by atoms with Crippen LogP contribution in [0.1, 0.15) is 98.8 Å². The number of imide groups is 1. The molecule has 41 heavy (non-hydrogen) atoms. The van der Waals surface area contributed by atoms with Crippen molar-refractivity contribution in [1.29, 1.82) is 0 Å². The molecule has 5 rings (SSSR count). The normalized spacial score (nSPS) is 34.5. The van der Waals surface area contributed by atoms with Gasteiger partial charge in [0, 0.05) is 0 Å². The van der Waals surface area contributed by atoms with Crippen LogP contribution in [-0.4, -0.2) is 35.4 Å². The van der Waals surface area contributed by atoms with Crippen LogP contribution in [-0.2, 0) is 0 Å². The molecule has 5 unspecified atom stereocenters. The van der Waals surface area contributed by atoms with Crippen molar-refractivity contribution in [3.05, 3.63) is 53.1 Å². The summed E-state index contributed by atoms with van der Waals surface area (Å²) >= 11 is 0. The number of allylic oxidation sites excluding steroid dienone is 1. The minimum absolute atomic E-state index is 0.105. The largest absolute Gasteiger partial charge is 0.393 e. The fourth-order valence-corrected chi connectivity index (χ4v) is 8.61. The lowest BCUT2D eigenvalue weighted by atomic mass is 9.59. The van der Waals surface area contributed by atoms with Gasteiger partial charge in [-0.3, -0.25) is 0 Å². The molecule has 1 heterocycles. The quantitative estimate of drug-likeness (QED) is 0.298. The Hall–Kier alpha value is -2.60. The van der Waals surface area contributed by atoms with Crippen LogP contribution in [0.2, 0.25) is 0 Å². The molecule has 0 bridgehead atoms. The summed E-state index contributed by atoms with van der Waals surface area (Å²) in [5.74, 6) is 2.46. The van der Waals surface area contributed by atoms with E-state index >= 15 is 0 Å². The summed E-state index contributed by atoms with van der Waals surface area (Å²) in [5.41, 5.74) is 4.34. The fourth-order valence-electron chi connectivity index (χ4n) is 8.61. The van der Waals surface area contributed by atoms with E-state index in [4.69, 9.17) is 0 Å². The van der Waals surface area contributed by atoms with E-state index < -0.39 is 12.1 Å². The minimum atomic E-state index is -0.430. The van der Waals surface area contributed by atoms with Crippen LogP contribution in [0, 0.1) is 29.1 Å². The van der Waals surface area contributed by atoms with Gasteiger partial charge in [0.1, 0.15) is 0 Å². The molecule has 4 amide bonds. The molecule has 3 N–H and O–H groups in total. The third kappa shape index (κ3) is 6.14. The summed E-state index contributed by atoms with van der Waals surface area (Å²) in [5, 5.41) is 17.2. The first kappa shape index (κ1) is 29.9. The molecule has 4 aliphatic rings. The third-order valence-corrected chi connectivity index (χ3v) is 10.9. The smallest absolute Gasteiger partial charge is 0.330 e. The lowest BCUT2D eigenvalue weighted by Crippen LogP contribution is -2.53. The lowest BCUT2D eigenvalue weighted by Gasteiger charge is -2.47. The second-order valence-electron chi connectivity index (χ2n) is 14.1. The molecule has 1 aliphatic heterocycles. The maximum Gasteiger partial charge on any atom is 0.330 e. The number of benzene rings is 1. The van der Waals surface area contributed by atoms with Gasteiger partial charge in [0.05, 0.1) is 23.9 Å². The van der Waals surface area contributed by atoms with E-state index in [9.17, 15) is 14.7 Å². The number of rotatable bonds is 7. The first-order valence-corrected chi connectivity index (χ1v) is 16.1. The van der Waals surface area contributed by atoms with Gasteiger partial charge in [-0.2, -0.15) is 0 Å². The summed E-state index contributed by atoms with van der Waals surface area (Å²) in [7, 11) is 0. The summed E-state index contributed by atoms with van der Waals surface area (Å²) in [6.07, 6.45) is 12.2. The minimum Gasteiger partial charge on any atom is -0.393 e. The predicted molar refractivity (Wildman–Crippen MR) is 166 cm³/mol. The molecule has 1 aromatic carbocycles. The molecule has 2 saturated carbocycles. The molecule has 0 saturated heterocycles. The van der Waals surface area contributed by atoms with Crippen molar-refractivity contribution < 1.29 is 14.7 Å². The third-order valence-electron chi connectivity index (χ3n) is 10.9. The monoisotopic (exact) mass is 561 g/mol. The first-order valence-electron chi connectivity index (χ1n) is 16.1. The van der Waals surface area contributed by atoms with Crippen molar-refractivity contribution in [3.8, 4) is 0 Å². The summed E-state index contributed by atoms with van der Waals surface area (Å²) < 4.78 is 0. The molecule has 2 fully saturated rings. The zero-order valence-electron chi connectivity index (χ0n) is 25.8. The van der Waals surface area contributed by atoms with E-state index in [0.29, 0.717) is 29.9 Å². The molecule has 0 radical (unpaired) electrons. The number of para-hydroxylation sites is 1. The number of nitrogens with zero attached hydrogens (tertiary/aromatic N) is 1. The highest BCUT2D eigenvalue weighted by atomic mass is 16.3. The number of carbonyl (C=O) groups is 2. The number of hydrogen-bond donors (Lipinski definition) is 3. The number of carbonyl (C=O) groups excluding carboxylic acids is 2. The zero-order valence-corrected chi connectivity index (χ0v) is 25.8. The molecule has 7 atom stereocenters. The number of hydrogen-bond acceptors (Lipinski definition) is 3. The van der Waals surface area contributed by atoms with Gasteiger partial charge < -0.3 is 15.7 Å². The van der Waals surface area contributed by atoms with Crippen LogP contribution in [0.4, 0.5) is 15.3 Å². The number of nitrogens with one attached hydrogen (secondary N) is 2. The van der Waals surface area contributed by atoms with Crippen LogP contribution in [0.15, 0.2) is 53.1 Å². The van der Waals surface area contributed by atoms with E-state index in [1.807, 2.05) is 18.2 Å². The van der Waals surface area contributed by atoms with E-state index in [1.54, 1.807) is 12.1 Å². The Bertz CT molecular complexity index is 1170. The molecular formula is C35H51N3O3. The summed E-state index contributed by atoms with van der Waals surface area (Å²) in [4.78, 5) is 28.8. The average Bonchev–Trinajstić information content (AvgIpc) is 3.30. The molecule has 6 heteroatoms. The number of fused-ring (bicyclic) bond motifs is 3. The van der Waals surface area contributed by atoms with E-state index in [0.717, 1.165) is 43.6 Å². The van der Waals surface area contributed by atoms with E-state index in [1.165, 1.54) is 41.7 Å². The van der Waals surface area contributed by atoms with Crippen molar-refractivity contribution in [2.24, 2.45) is 29.1 Å². The van der Waals surface area contributed by atoms with Crippen molar-refractivity contribution in [1.82, 2.24) is 10.6 Å². The first-order chi connectivity index (χ1) is 19.6. The van der Waals surface area contributed by atoms with Crippen LogP contribution in [0.25, 0.3) is 0 Å². The van der Waals surface area contributed by atoms with Crippen molar-refractivity contribution >= 4 is 17.7 Å². The standard InChI is InChI=1S/C35H51N3O3/c1-22(2)10-9-11-24(4)29-16-17-30-28-21-32(27-20-26(39)15-14-23(27)3)37-34(41)38(25-12-7-6-8-13-25)33(40)36-31(28)18-19-35(29,30)5/h6-8,12-13,21-22,24,26,29-32,39H,9-11,14-20H2,1-5H3,(H,36,40)(H,37,41)/b28-21-/t24-,26?,29?,30?,31?,32?,35-/m1/s1. The van der Waals surface area contributed by atoms with E-state index in [-0.39, 0.29) is 23.5 Å². The molecule has 3 aliphatic carbocycles. The average molecular weight is 562 g/mol. The second-order valence-corrected chi connectivity index (χ2v) is 14.1. The second kappa shape index (κ2) is 12.3. The van der Waals surface area contributed by atoms with Gasteiger partial charge in [0.25, 0.3) is 0 Å². The van der Waals surface area contributed by atoms with Crippen LogP contribution in [0.5, 0.6) is 0 Å². The highest BCUT2D eigenvalue weighted by Gasteiger charge is 2.53. The van der Waals surface area contributed by atoms with Crippen molar-refractivity contribution in [2.75, 3.05) is 4.90 Å². The number of amides is 4. The van der Waals surface area contributed by atoms with Gasteiger partial charge in [-0.15, -0.1) is 0 Å². The van der Waals surface area contributed by atoms with Gasteiger partial charge in [-0.05, 0) is 104 Å². The van der Waals surface area contributed by atoms with Crippen LogP contribution >= 0.6 is 0 Å². The van der Waals surface area contributed by atoms with Gasteiger partial charge in [0.15, 0.2) is 0 Å². The highest BCUT2D eigenvalue weighted by molar-refractivity contribution is 6.14. The molecule has 0 aromatic heterocycles. The Labute approximate surface area is 247 Å². The zero-order chi connectivity index (χ0) is 29.3. The Morgan fingerprint density at radius 1 is 1.00 bits per heavy atom. The Balaban J connectivity index is 1.51. The SMILES string of the molecule is CC1=C(C2/C=C3\C(CC[C@@]4(C)C3CCC4[C@H](C)CCCC(C)C)NC(=O)N(c3ccccc3)C(=O)N2)CC(O)CC1. The fraction of sp³-hybridized carbons (Fsp3) is 0.657. The summed E-state index contributed by atoms with van der Waals surface area (Å²) in [6, 6.07) is 7.93. The highest BCUT2D eigenvalue weighted by Crippen LogP contribution is 2.60. The Kier molecular flexibility index (Phi) is 8.98.